The fourth-order valence-corrected chi connectivity index (χ4v) is 2.41. The molecule has 0 saturated heterocycles. The number of benzene rings is 1. The van der Waals surface area contributed by atoms with Crippen LogP contribution >= 0.6 is 11.8 Å². The number of carbonyl (C=O) groups excluding carboxylic acids is 1. The lowest BCUT2D eigenvalue weighted by Crippen LogP contribution is -2.31. The third-order valence-corrected chi connectivity index (χ3v) is 4.41. The SMILES string of the molecule is CSC1(CNC(=O)c2cc(N)cc(F)c2)CC1. The molecule has 17 heavy (non-hydrogen) atoms. The number of nitrogens with one attached hydrogen (secondary N) is 1. The zero-order valence-electron chi connectivity index (χ0n) is 9.63. The van der Waals surface area contributed by atoms with Crippen molar-refractivity contribution in [2.45, 2.75) is 17.6 Å². The van der Waals surface area contributed by atoms with Crippen molar-refractivity contribution in [3.8, 4) is 0 Å². The lowest BCUT2D eigenvalue weighted by molar-refractivity contribution is 0.0952. The van der Waals surface area contributed by atoms with E-state index in [1.807, 2.05) is 6.26 Å². The van der Waals surface area contributed by atoms with Gasteiger partial charge in [0.1, 0.15) is 5.82 Å². The summed E-state index contributed by atoms with van der Waals surface area (Å²) >= 11 is 1.77. The standard InChI is InChI=1S/C12H15FN2OS/c1-17-12(2-3-12)7-15-11(16)8-4-9(13)6-10(14)5-8/h4-6H,2-3,7,14H2,1H3,(H,15,16). The van der Waals surface area contributed by atoms with Gasteiger partial charge in [0.15, 0.2) is 0 Å². The molecule has 3 nitrogen and oxygen atoms in total. The number of hydrogen-bond acceptors (Lipinski definition) is 3. The van der Waals surface area contributed by atoms with E-state index in [2.05, 4.69) is 5.32 Å². The Balaban J connectivity index is 1.99. The Bertz CT molecular complexity index is 426. The van der Waals surface area contributed by atoms with Crippen LogP contribution in [-0.4, -0.2) is 23.5 Å². The average molecular weight is 254 g/mol. The highest BCUT2D eigenvalue weighted by Crippen LogP contribution is 2.46. The zero-order valence-corrected chi connectivity index (χ0v) is 10.4. The summed E-state index contributed by atoms with van der Waals surface area (Å²) < 4.78 is 13.3. The van der Waals surface area contributed by atoms with Crippen molar-refractivity contribution in [1.29, 1.82) is 0 Å². The first kappa shape index (κ1) is 12.2. The summed E-state index contributed by atoms with van der Waals surface area (Å²) in [5, 5.41) is 2.83. The number of thioether (sulfide) groups is 1. The van der Waals surface area contributed by atoms with Gasteiger partial charge in [-0.2, -0.15) is 11.8 Å². The Labute approximate surface area is 104 Å². The third-order valence-electron chi connectivity index (χ3n) is 2.99. The Morgan fingerprint density at radius 3 is 2.76 bits per heavy atom. The largest absolute Gasteiger partial charge is 0.399 e. The van der Waals surface area contributed by atoms with Gasteiger partial charge in [-0.25, -0.2) is 4.39 Å². The topological polar surface area (TPSA) is 55.1 Å². The molecular formula is C12H15FN2OS. The Morgan fingerprint density at radius 2 is 2.24 bits per heavy atom. The summed E-state index contributed by atoms with van der Waals surface area (Å²) in [6.07, 6.45) is 4.29. The molecule has 0 spiro atoms. The van der Waals surface area contributed by atoms with E-state index in [0.29, 0.717) is 6.54 Å². The molecule has 2 rings (SSSR count). The minimum atomic E-state index is -0.485. The van der Waals surface area contributed by atoms with E-state index >= 15 is 0 Å². The molecule has 1 aromatic rings. The molecule has 1 aliphatic rings. The Morgan fingerprint density at radius 1 is 1.53 bits per heavy atom. The maximum absolute atomic E-state index is 13.1. The van der Waals surface area contributed by atoms with Gasteiger partial charge in [0.25, 0.3) is 5.91 Å². The number of carbonyl (C=O) groups is 1. The van der Waals surface area contributed by atoms with Gasteiger partial charge in [-0.1, -0.05) is 0 Å². The van der Waals surface area contributed by atoms with Crippen molar-refractivity contribution in [2.75, 3.05) is 18.5 Å². The van der Waals surface area contributed by atoms with E-state index in [1.165, 1.54) is 18.2 Å². The van der Waals surface area contributed by atoms with Crippen LogP contribution in [0.5, 0.6) is 0 Å². The first-order chi connectivity index (χ1) is 8.04. The minimum absolute atomic E-state index is 0.203. The number of anilines is 1. The highest BCUT2D eigenvalue weighted by Gasteiger charge is 2.41. The van der Waals surface area contributed by atoms with Crippen LogP contribution < -0.4 is 11.1 Å². The molecule has 1 amide bonds. The maximum Gasteiger partial charge on any atom is 0.251 e. The second-order valence-electron chi connectivity index (χ2n) is 4.34. The summed E-state index contributed by atoms with van der Waals surface area (Å²) in [6, 6.07) is 3.88. The van der Waals surface area contributed by atoms with Gasteiger partial charge < -0.3 is 11.1 Å². The van der Waals surface area contributed by atoms with Crippen LogP contribution in [0.15, 0.2) is 18.2 Å². The van der Waals surface area contributed by atoms with Crippen LogP contribution in [0.25, 0.3) is 0 Å². The molecule has 0 heterocycles. The molecule has 1 saturated carbocycles. The fraction of sp³-hybridized carbons (Fsp3) is 0.417. The van der Waals surface area contributed by atoms with E-state index in [4.69, 9.17) is 5.73 Å². The molecule has 1 aliphatic carbocycles. The van der Waals surface area contributed by atoms with Gasteiger partial charge in [0.2, 0.25) is 0 Å². The summed E-state index contributed by atoms with van der Waals surface area (Å²) in [7, 11) is 0. The van der Waals surface area contributed by atoms with Gasteiger partial charge in [-0.15, -0.1) is 0 Å². The number of rotatable bonds is 4. The average Bonchev–Trinajstić information content (AvgIpc) is 3.05. The molecule has 1 aromatic carbocycles. The third kappa shape index (κ3) is 2.91. The molecule has 0 radical (unpaired) electrons. The van der Waals surface area contributed by atoms with Crippen LogP contribution in [0.2, 0.25) is 0 Å². The molecular weight excluding hydrogens is 239 g/mol. The number of amides is 1. The summed E-state index contributed by atoms with van der Waals surface area (Å²) in [4.78, 5) is 11.8. The van der Waals surface area contributed by atoms with E-state index in [0.717, 1.165) is 12.8 Å². The second kappa shape index (κ2) is 4.56. The predicted octanol–water partition coefficient (Wildman–Crippen LogP) is 2.03. The van der Waals surface area contributed by atoms with Crippen LogP contribution in [-0.2, 0) is 0 Å². The molecule has 1 fully saturated rings. The number of halogens is 1. The molecule has 0 atom stereocenters. The Hall–Kier alpha value is -1.23. The van der Waals surface area contributed by atoms with Crippen molar-refractivity contribution in [3.05, 3.63) is 29.6 Å². The van der Waals surface area contributed by atoms with E-state index in [-0.39, 0.29) is 21.9 Å². The summed E-state index contributed by atoms with van der Waals surface area (Å²) in [6.45, 7) is 0.628. The molecule has 0 unspecified atom stereocenters. The first-order valence-electron chi connectivity index (χ1n) is 5.44. The predicted molar refractivity (Wildman–Crippen MR) is 68.6 cm³/mol. The number of hydrogen-bond donors (Lipinski definition) is 2. The van der Waals surface area contributed by atoms with Gasteiger partial charge >= 0.3 is 0 Å². The molecule has 0 aliphatic heterocycles. The summed E-state index contributed by atoms with van der Waals surface area (Å²) in [5.41, 5.74) is 6.04. The second-order valence-corrected chi connectivity index (χ2v) is 5.62. The Kier molecular flexibility index (Phi) is 3.28. The van der Waals surface area contributed by atoms with E-state index in [9.17, 15) is 9.18 Å². The molecule has 5 heteroatoms. The molecule has 0 aromatic heterocycles. The number of nitrogens with two attached hydrogens (primary N) is 1. The zero-order chi connectivity index (χ0) is 12.5. The van der Waals surface area contributed by atoms with E-state index in [1.54, 1.807) is 11.8 Å². The van der Waals surface area contributed by atoms with Gasteiger partial charge in [-0.05, 0) is 37.3 Å². The van der Waals surface area contributed by atoms with E-state index < -0.39 is 5.82 Å². The quantitative estimate of drug-likeness (QED) is 0.808. The normalized spacial score (nSPS) is 16.6. The van der Waals surface area contributed by atoms with Crippen LogP contribution in [0.4, 0.5) is 10.1 Å². The van der Waals surface area contributed by atoms with Crippen molar-refractivity contribution in [2.24, 2.45) is 0 Å². The fourth-order valence-electron chi connectivity index (χ4n) is 1.68. The minimum Gasteiger partial charge on any atom is -0.399 e. The van der Waals surface area contributed by atoms with Gasteiger partial charge in [0.05, 0.1) is 0 Å². The molecule has 92 valence electrons. The lowest BCUT2D eigenvalue weighted by Gasteiger charge is -2.13. The maximum atomic E-state index is 13.1. The molecule has 3 N–H and O–H groups in total. The van der Waals surface area contributed by atoms with Crippen LogP contribution in [0, 0.1) is 5.82 Å². The summed E-state index contributed by atoms with van der Waals surface area (Å²) in [5.74, 6) is -0.752. The first-order valence-corrected chi connectivity index (χ1v) is 6.67. The lowest BCUT2D eigenvalue weighted by atomic mass is 10.2. The van der Waals surface area contributed by atoms with Crippen molar-refractivity contribution in [1.82, 2.24) is 5.32 Å². The highest BCUT2D eigenvalue weighted by atomic mass is 32.2. The van der Waals surface area contributed by atoms with Crippen molar-refractivity contribution < 1.29 is 9.18 Å². The molecule has 0 bridgehead atoms. The van der Waals surface area contributed by atoms with Crippen molar-refractivity contribution in [3.63, 3.8) is 0 Å². The number of nitrogen functional groups attached to an aromatic ring is 1. The van der Waals surface area contributed by atoms with Gasteiger partial charge in [-0.3, -0.25) is 4.79 Å². The monoisotopic (exact) mass is 254 g/mol. The van der Waals surface area contributed by atoms with Crippen molar-refractivity contribution >= 4 is 23.4 Å². The van der Waals surface area contributed by atoms with Gasteiger partial charge in [0, 0.05) is 22.5 Å². The smallest absolute Gasteiger partial charge is 0.251 e. The van der Waals surface area contributed by atoms with Crippen LogP contribution in [0.1, 0.15) is 23.2 Å². The highest BCUT2D eigenvalue weighted by molar-refractivity contribution is 8.00. The van der Waals surface area contributed by atoms with Crippen LogP contribution in [0.3, 0.4) is 0 Å².